The van der Waals surface area contributed by atoms with Crippen LogP contribution in [-0.2, 0) is 10.0 Å². The van der Waals surface area contributed by atoms with Crippen LogP contribution in [-0.4, -0.2) is 18.5 Å². The molecular formula is C12H10ClN2O4S+. The highest BCUT2D eigenvalue weighted by Gasteiger charge is 2.18. The van der Waals surface area contributed by atoms with E-state index in [4.69, 9.17) is 16.8 Å². The number of halogens is 1. The Morgan fingerprint density at radius 1 is 1.05 bits per heavy atom. The third-order valence-electron chi connectivity index (χ3n) is 2.49. The summed E-state index contributed by atoms with van der Waals surface area (Å²) >= 11 is 5.88. The van der Waals surface area contributed by atoms with Gasteiger partial charge in [-0.05, 0) is 24.3 Å². The fourth-order valence-electron chi connectivity index (χ4n) is 1.50. The van der Waals surface area contributed by atoms with Crippen molar-refractivity contribution in [3.8, 4) is 0 Å². The van der Waals surface area contributed by atoms with Gasteiger partial charge < -0.3 is 0 Å². The molecule has 0 radical (unpaired) electrons. The van der Waals surface area contributed by atoms with Crippen molar-refractivity contribution in [2.75, 3.05) is 4.72 Å². The van der Waals surface area contributed by atoms with Crippen molar-refractivity contribution in [2.24, 2.45) is 0 Å². The van der Waals surface area contributed by atoms with E-state index in [0.717, 1.165) is 0 Å². The van der Waals surface area contributed by atoms with Gasteiger partial charge in [-0.15, -0.1) is 0 Å². The van der Waals surface area contributed by atoms with E-state index in [1.54, 1.807) is 18.2 Å². The molecule has 0 unspecified atom stereocenters. The molecule has 0 heterocycles. The second-order valence-corrected chi connectivity index (χ2v) is 5.94. The van der Waals surface area contributed by atoms with Crippen LogP contribution in [0.15, 0.2) is 53.4 Å². The Hall–Kier alpha value is -2.12. The average Bonchev–Trinajstić information content (AvgIpc) is 2.41. The van der Waals surface area contributed by atoms with E-state index in [0.29, 0.717) is 0 Å². The Morgan fingerprint density at radius 2 is 1.65 bits per heavy atom. The number of para-hydroxylation sites is 1. The van der Waals surface area contributed by atoms with Gasteiger partial charge in [0.05, 0.1) is 20.5 Å². The van der Waals surface area contributed by atoms with Crippen LogP contribution >= 0.6 is 11.6 Å². The van der Waals surface area contributed by atoms with Crippen molar-refractivity contribution in [1.29, 1.82) is 0 Å². The Labute approximate surface area is 120 Å². The van der Waals surface area contributed by atoms with Crippen molar-refractivity contribution in [1.82, 2.24) is 0 Å². The fourth-order valence-corrected chi connectivity index (χ4v) is 2.82. The lowest BCUT2D eigenvalue weighted by atomic mass is 10.3. The number of benzene rings is 2. The third-order valence-corrected chi connectivity index (χ3v) is 4.20. The quantitative estimate of drug-likeness (QED) is 0.850. The summed E-state index contributed by atoms with van der Waals surface area (Å²) in [7, 11) is -3.81. The Kier molecular flexibility index (Phi) is 3.91. The maximum absolute atomic E-state index is 12.1. The lowest BCUT2D eigenvalue weighted by molar-refractivity contribution is -0.729. The molecule has 8 heteroatoms. The molecule has 0 saturated carbocycles. The standard InChI is InChI=1S/C12H10ClN2O4S/c13-11-3-1-2-4-12(11)14-20(18,19)10-7-5-9(6-8-10)15(16)17/h1-8,14H,(H,16,17)/q+1. The SMILES string of the molecule is O=[N+](O)c1ccc(S(=O)(=O)Nc2ccccc2Cl)cc1. The summed E-state index contributed by atoms with van der Waals surface area (Å²) in [6.45, 7) is 0. The highest BCUT2D eigenvalue weighted by molar-refractivity contribution is 7.92. The number of hydrogen-bond acceptors (Lipinski definition) is 3. The highest BCUT2D eigenvalue weighted by atomic mass is 35.5. The summed E-state index contributed by atoms with van der Waals surface area (Å²) in [6, 6.07) is 11.2. The van der Waals surface area contributed by atoms with E-state index in [9.17, 15) is 13.3 Å². The van der Waals surface area contributed by atoms with Gasteiger partial charge in [-0.1, -0.05) is 23.7 Å². The summed E-state index contributed by atoms with van der Waals surface area (Å²) < 4.78 is 26.6. The van der Waals surface area contributed by atoms with Crippen LogP contribution in [0.25, 0.3) is 0 Å². The minimum Gasteiger partial charge on any atom is -0.278 e. The average molecular weight is 314 g/mol. The van der Waals surface area contributed by atoms with E-state index >= 15 is 0 Å². The molecule has 6 nitrogen and oxygen atoms in total. The van der Waals surface area contributed by atoms with Crippen molar-refractivity contribution in [2.45, 2.75) is 4.90 Å². The monoisotopic (exact) mass is 313 g/mol. The zero-order valence-corrected chi connectivity index (χ0v) is 11.6. The first kappa shape index (κ1) is 14.3. The van der Waals surface area contributed by atoms with Crippen molar-refractivity contribution in [3.63, 3.8) is 0 Å². The predicted octanol–water partition coefficient (Wildman–Crippen LogP) is 2.94. The minimum atomic E-state index is -3.81. The van der Waals surface area contributed by atoms with Crippen LogP contribution in [0.4, 0.5) is 11.4 Å². The maximum atomic E-state index is 12.1. The molecule has 0 aliphatic carbocycles. The number of sulfonamides is 1. The summed E-state index contributed by atoms with van der Waals surface area (Å²) in [5.74, 6) is 0. The van der Waals surface area contributed by atoms with Crippen LogP contribution in [0.2, 0.25) is 5.02 Å². The van der Waals surface area contributed by atoms with E-state index in [-0.39, 0.29) is 26.2 Å². The largest absolute Gasteiger partial charge is 0.316 e. The van der Waals surface area contributed by atoms with Crippen LogP contribution in [0, 0.1) is 4.91 Å². The molecule has 0 bridgehead atoms. The van der Waals surface area contributed by atoms with Crippen molar-refractivity contribution < 1.29 is 18.5 Å². The molecule has 0 saturated heterocycles. The fraction of sp³-hybridized carbons (Fsp3) is 0. The highest BCUT2D eigenvalue weighted by Crippen LogP contribution is 2.24. The second kappa shape index (κ2) is 5.48. The number of anilines is 1. The topological polar surface area (TPSA) is 86.5 Å². The van der Waals surface area contributed by atoms with Gasteiger partial charge in [0.25, 0.3) is 14.9 Å². The molecule has 2 rings (SSSR count). The lowest BCUT2D eigenvalue weighted by Gasteiger charge is -2.08. The molecular weight excluding hydrogens is 304 g/mol. The number of rotatable bonds is 4. The van der Waals surface area contributed by atoms with Gasteiger partial charge in [0.15, 0.2) is 0 Å². The Bertz CT molecular complexity index is 744. The minimum absolute atomic E-state index is 0.0528. The molecule has 0 aliphatic rings. The van der Waals surface area contributed by atoms with Gasteiger partial charge in [0, 0.05) is 12.1 Å². The number of hydrogen-bond donors (Lipinski definition) is 2. The van der Waals surface area contributed by atoms with E-state index in [2.05, 4.69) is 4.72 Å². The van der Waals surface area contributed by atoms with Crippen molar-refractivity contribution in [3.05, 3.63) is 58.5 Å². The molecule has 0 aromatic heterocycles. The van der Waals surface area contributed by atoms with Gasteiger partial charge >= 0.3 is 5.69 Å². The predicted molar refractivity (Wildman–Crippen MR) is 73.8 cm³/mol. The summed E-state index contributed by atoms with van der Waals surface area (Å²) in [6.07, 6.45) is 0. The molecule has 0 atom stereocenters. The summed E-state index contributed by atoms with van der Waals surface area (Å²) in [5.41, 5.74) is 0.188. The van der Waals surface area contributed by atoms with Gasteiger partial charge in [-0.25, -0.2) is 13.6 Å². The smallest absolute Gasteiger partial charge is 0.278 e. The molecule has 0 spiro atoms. The van der Waals surface area contributed by atoms with Crippen LogP contribution in [0.1, 0.15) is 0 Å². The van der Waals surface area contributed by atoms with Crippen LogP contribution < -0.4 is 4.72 Å². The molecule has 2 aromatic rings. The number of nitrogens with zero attached hydrogens (tertiary/aromatic N) is 1. The molecule has 104 valence electrons. The van der Waals surface area contributed by atoms with E-state index in [1.807, 2.05) is 0 Å². The Morgan fingerprint density at radius 3 is 2.20 bits per heavy atom. The third kappa shape index (κ3) is 3.06. The maximum Gasteiger partial charge on any atom is 0.316 e. The summed E-state index contributed by atoms with van der Waals surface area (Å²) in [4.78, 5) is 10.2. The first-order valence-electron chi connectivity index (χ1n) is 5.44. The first-order chi connectivity index (χ1) is 9.40. The molecule has 2 N–H and O–H groups in total. The first-order valence-corrected chi connectivity index (χ1v) is 7.30. The van der Waals surface area contributed by atoms with Crippen LogP contribution in [0.3, 0.4) is 0 Å². The van der Waals surface area contributed by atoms with Gasteiger partial charge in [0.2, 0.25) is 0 Å². The zero-order chi connectivity index (χ0) is 14.8. The summed E-state index contributed by atoms with van der Waals surface area (Å²) in [5, 5.41) is 8.96. The lowest BCUT2D eigenvalue weighted by Crippen LogP contribution is -2.13. The normalized spacial score (nSPS) is 11.1. The van der Waals surface area contributed by atoms with E-state index in [1.165, 1.54) is 30.3 Å². The zero-order valence-electron chi connectivity index (χ0n) is 10.0. The van der Waals surface area contributed by atoms with Gasteiger partial charge in [-0.3, -0.25) is 4.72 Å². The van der Waals surface area contributed by atoms with E-state index < -0.39 is 10.0 Å². The van der Waals surface area contributed by atoms with Gasteiger partial charge in [0.1, 0.15) is 0 Å². The molecule has 0 amide bonds. The molecule has 20 heavy (non-hydrogen) atoms. The van der Waals surface area contributed by atoms with Crippen LogP contribution in [0.5, 0.6) is 0 Å². The van der Waals surface area contributed by atoms with Gasteiger partial charge in [-0.2, -0.15) is 0 Å². The second-order valence-electron chi connectivity index (χ2n) is 3.85. The molecule has 0 aliphatic heterocycles. The molecule has 0 fully saturated rings. The molecule has 2 aromatic carbocycles. The Balaban J connectivity index is 2.31. The number of nitrogens with one attached hydrogen (secondary N) is 1. The van der Waals surface area contributed by atoms with Crippen molar-refractivity contribution >= 4 is 33.0 Å².